The van der Waals surface area contributed by atoms with Crippen LogP contribution in [-0.2, 0) is 4.79 Å². The fraction of sp³-hybridized carbons (Fsp3) is 0.125. The summed E-state index contributed by atoms with van der Waals surface area (Å²) in [4.78, 5) is 16.5. The van der Waals surface area contributed by atoms with Crippen molar-refractivity contribution in [1.82, 2.24) is 25.2 Å². The van der Waals surface area contributed by atoms with Crippen LogP contribution < -0.4 is 14.9 Å². The Balaban J connectivity index is 1.56. The fourth-order valence-corrected chi connectivity index (χ4v) is 3.86. The molecule has 2 aromatic heterocycles. The number of pyridine rings is 1. The monoisotopic (exact) mass is 474 g/mol. The smallest absolute Gasteiger partial charge is 0.250 e. The quantitative estimate of drug-likeness (QED) is 0.225. The predicted molar refractivity (Wildman–Crippen MR) is 131 cm³/mol. The molecule has 10 heteroatoms. The third kappa shape index (κ3) is 5.41. The summed E-state index contributed by atoms with van der Waals surface area (Å²) >= 11 is 1.26. The topological polar surface area (TPSA) is 104 Å². The van der Waals surface area contributed by atoms with Crippen LogP contribution in [0.1, 0.15) is 5.69 Å². The summed E-state index contributed by atoms with van der Waals surface area (Å²) in [5.41, 5.74) is 4.83. The van der Waals surface area contributed by atoms with E-state index in [0.29, 0.717) is 28.2 Å². The Morgan fingerprint density at radius 2 is 1.82 bits per heavy atom. The highest BCUT2D eigenvalue weighted by atomic mass is 32.2. The molecule has 0 bridgehead atoms. The van der Waals surface area contributed by atoms with Crippen molar-refractivity contribution < 1.29 is 14.3 Å². The Bertz CT molecular complexity index is 1280. The van der Waals surface area contributed by atoms with E-state index in [0.717, 1.165) is 11.3 Å². The molecule has 1 N–H and O–H groups in total. The Kier molecular flexibility index (Phi) is 7.51. The number of thioether (sulfide) groups is 1. The molecule has 0 aliphatic rings. The number of carbonyl (C=O) groups is 1. The fourth-order valence-electron chi connectivity index (χ4n) is 3.12. The molecular weight excluding hydrogens is 452 g/mol. The van der Waals surface area contributed by atoms with Crippen LogP contribution in [0.5, 0.6) is 11.5 Å². The number of hydrazone groups is 1. The van der Waals surface area contributed by atoms with E-state index in [9.17, 15) is 4.79 Å². The summed E-state index contributed by atoms with van der Waals surface area (Å²) in [6.07, 6.45) is 3.15. The van der Waals surface area contributed by atoms with Crippen LogP contribution >= 0.6 is 11.8 Å². The second kappa shape index (κ2) is 11.1. The van der Waals surface area contributed by atoms with Gasteiger partial charge in [0, 0.05) is 17.4 Å². The number of para-hydroxylation sites is 1. The number of ether oxygens (including phenoxy) is 2. The maximum absolute atomic E-state index is 12.3. The minimum Gasteiger partial charge on any atom is -0.493 e. The number of carbonyl (C=O) groups excluding carboxylic acids is 1. The van der Waals surface area contributed by atoms with Crippen molar-refractivity contribution >= 4 is 23.9 Å². The molecule has 0 spiro atoms. The van der Waals surface area contributed by atoms with Crippen molar-refractivity contribution in [2.24, 2.45) is 5.10 Å². The zero-order valence-electron chi connectivity index (χ0n) is 18.6. The molecule has 1 amide bonds. The second-order valence-electron chi connectivity index (χ2n) is 6.88. The minimum absolute atomic E-state index is 0.108. The van der Waals surface area contributed by atoms with Gasteiger partial charge in [0.1, 0.15) is 0 Å². The molecule has 0 saturated carbocycles. The number of rotatable bonds is 9. The van der Waals surface area contributed by atoms with Crippen LogP contribution in [0.4, 0.5) is 0 Å². The van der Waals surface area contributed by atoms with Crippen molar-refractivity contribution in [3.8, 4) is 28.6 Å². The maximum Gasteiger partial charge on any atom is 0.250 e. The second-order valence-corrected chi connectivity index (χ2v) is 7.83. The summed E-state index contributed by atoms with van der Waals surface area (Å²) in [5, 5.41) is 13.3. The van der Waals surface area contributed by atoms with Crippen molar-refractivity contribution in [3.05, 3.63) is 78.6 Å². The Labute approximate surface area is 200 Å². The molecule has 0 atom stereocenters. The van der Waals surface area contributed by atoms with Gasteiger partial charge in [0.25, 0.3) is 5.91 Å². The number of benzene rings is 2. The molecule has 34 heavy (non-hydrogen) atoms. The number of hydrogen-bond donors (Lipinski definition) is 1. The summed E-state index contributed by atoms with van der Waals surface area (Å²) < 4.78 is 12.7. The number of nitrogens with one attached hydrogen (secondary N) is 1. The third-order valence-electron chi connectivity index (χ3n) is 4.70. The van der Waals surface area contributed by atoms with Gasteiger partial charge in [-0.05, 0) is 42.5 Å². The van der Waals surface area contributed by atoms with Gasteiger partial charge in [0.2, 0.25) is 0 Å². The van der Waals surface area contributed by atoms with Crippen LogP contribution in [0, 0.1) is 0 Å². The Morgan fingerprint density at radius 3 is 2.56 bits per heavy atom. The zero-order valence-corrected chi connectivity index (χ0v) is 19.4. The van der Waals surface area contributed by atoms with Crippen molar-refractivity contribution in [3.63, 3.8) is 0 Å². The summed E-state index contributed by atoms with van der Waals surface area (Å²) in [5.74, 6) is 1.66. The number of hydrogen-bond acceptors (Lipinski definition) is 8. The number of methoxy groups -OCH3 is 2. The highest BCUT2D eigenvalue weighted by Gasteiger charge is 2.18. The van der Waals surface area contributed by atoms with Crippen LogP contribution in [0.15, 0.2) is 83.2 Å². The van der Waals surface area contributed by atoms with E-state index in [2.05, 4.69) is 25.7 Å². The lowest BCUT2D eigenvalue weighted by molar-refractivity contribution is -0.118. The highest BCUT2D eigenvalue weighted by Crippen LogP contribution is 2.34. The number of nitrogens with zero attached hydrogens (tertiary/aromatic N) is 5. The van der Waals surface area contributed by atoms with Gasteiger partial charge >= 0.3 is 0 Å². The van der Waals surface area contributed by atoms with E-state index in [1.807, 2.05) is 65.2 Å². The van der Waals surface area contributed by atoms with Gasteiger partial charge < -0.3 is 9.47 Å². The lowest BCUT2D eigenvalue weighted by atomic mass is 10.2. The van der Waals surface area contributed by atoms with Crippen LogP contribution in [0.2, 0.25) is 0 Å². The van der Waals surface area contributed by atoms with Gasteiger partial charge in [-0.2, -0.15) is 5.10 Å². The molecule has 9 nitrogen and oxygen atoms in total. The minimum atomic E-state index is -0.271. The van der Waals surface area contributed by atoms with Crippen molar-refractivity contribution in [1.29, 1.82) is 0 Å². The van der Waals surface area contributed by atoms with E-state index in [4.69, 9.17) is 9.47 Å². The first-order valence-electron chi connectivity index (χ1n) is 10.3. The average molecular weight is 475 g/mol. The molecule has 4 rings (SSSR count). The SMILES string of the molecule is COc1ccc(-c2nnc(SCC(=O)NN=Cc3ccccn3)n2-c2ccccc2)cc1OC. The van der Waals surface area contributed by atoms with E-state index in [1.54, 1.807) is 26.5 Å². The molecule has 172 valence electrons. The molecular formula is C24H22N6O3S. The predicted octanol–water partition coefficient (Wildman–Crippen LogP) is 3.59. The van der Waals surface area contributed by atoms with E-state index < -0.39 is 0 Å². The first-order chi connectivity index (χ1) is 16.7. The van der Waals surface area contributed by atoms with E-state index in [-0.39, 0.29) is 11.7 Å². The van der Waals surface area contributed by atoms with Gasteiger partial charge in [0.05, 0.1) is 31.9 Å². The molecule has 2 aromatic carbocycles. The van der Waals surface area contributed by atoms with Gasteiger partial charge in [-0.1, -0.05) is 36.0 Å². The first kappa shape index (κ1) is 23.0. The molecule has 0 unspecified atom stereocenters. The summed E-state index contributed by atoms with van der Waals surface area (Å²) in [6, 6.07) is 20.7. The average Bonchev–Trinajstić information content (AvgIpc) is 3.32. The summed E-state index contributed by atoms with van der Waals surface area (Å²) in [6.45, 7) is 0. The maximum atomic E-state index is 12.3. The third-order valence-corrected chi connectivity index (χ3v) is 5.62. The standard InChI is InChI=1S/C24H22N6O3S/c1-32-20-12-11-17(14-21(20)33-2)23-28-29-24(30(23)19-9-4-3-5-10-19)34-16-22(31)27-26-15-18-8-6-7-13-25-18/h3-15H,16H2,1-2H3,(H,27,31). The van der Waals surface area contributed by atoms with E-state index >= 15 is 0 Å². The molecule has 4 aromatic rings. The van der Waals surface area contributed by atoms with Crippen molar-refractivity contribution in [2.45, 2.75) is 5.16 Å². The lowest BCUT2D eigenvalue weighted by Gasteiger charge is -2.12. The molecule has 2 heterocycles. The molecule has 0 saturated heterocycles. The van der Waals surface area contributed by atoms with Gasteiger partial charge in [-0.15, -0.1) is 10.2 Å². The Hall–Kier alpha value is -4.18. The largest absolute Gasteiger partial charge is 0.493 e. The normalized spacial score (nSPS) is 10.9. The van der Waals surface area contributed by atoms with Crippen LogP contribution in [0.3, 0.4) is 0 Å². The van der Waals surface area contributed by atoms with Gasteiger partial charge in [0.15, 0.2) is 22.5 Å². The molecule has 0 aliphatic carbocycles. The molecule has 0 fully saturated rings. The van der Waals surface area contributed by atoms with E-state index in [1.165, 1.54) is 18.0 Å². The number of amides is 1. The van der Waals surface area contributed by atoms with Crippen molar-refractivity contribution in [2.75, 3.05) is 20.0 Å². The molecule has 0 aliphatic heterocycles. The Morgan fingerprint density at radius 1 is 1.03 bits per heavy atom. The zero-order chi connectivity index (χ0) is 23.8. The molecule has 0 radical (unpaired) electrons. The van der Waals surface area contributed by atoms with Crippen LogP contribution in [-0.4, -0.2) is 51.8 Å². The summed E-state index contributed by atoms with van der Waals surface area (Å²) in [7, 11) is 3.17. The van der Waals surface area contributed by atoms with Crippen LogP contribution in [0.25, 0.3) is 17.1 Å². The van der Waals surface area contributed by atoms with Gasteiger partial charge in [-0.3, -0.25) is 14.3 Å². The first-order valence-corrected chi connectivity index (χ1v) is 11.3. The highest BCUT2D eigenvalue weighted by molar-refractivity contribution is 7.99. The lowest BCUT2D eigenvalue weighted by Crippen LogP contribution is -2.20. The number of aromatic nitrogens is 4. The van der Waals surface area contributed by atoms with Gasteiger partial charge in [-0.25, -0.2) is 5.43 Å².